The topological polar surface area (TPSA) is 87.5 Å². The zero-order valence-electron chi connectivity index (χ0n) is 15.2. The maximum Gasteiger partial charge on any atom is 0.338 e. The molecule has 1 aliphatic heterocycles. The zero-order chi connectivity index (χ0) is 20.4. The Morgan fingerprint density at radius 1 is 0.897 bits per heavy atom. The Kier molecular flexibility index (Phi) is 4.63. The summed E-state index contributed by atoms with van der Waals surface area (Å²) in [5, 5.41) is 9.12. The van der Waals surface area contributed by atoms with E-state index in [-0.39, 0.29) is 12.2 Å². The number of fused-ring (bicyclic) bond motifs is 1. The Morgan fingerprint density at radius 3 is 2.24 bits per heavy atom. The zero-order valence-corrected chi connectivity index (χ0v) is 15.2. The van der Waals surface area contributed by atoms with Crippen LogP contribution in [0.15, 0.2) is 72.8 Å². The number of anilines is 1. The van der Waals surface area contributed by atoms with E-state index in [4.69, 9.17) is 10.00 Å². The minimum absolute atomic E-state index is 0.0557. The van der Waals surface area contributed by atoms with Gasteiger partial charge in [0.2, 0.25) is 0 Å². The average Bonchev–Trinajstić information content (AvgIpc) is 3.02. The number of benzene rings is 3. The van der Waals surface area contributed by atoms with Crippen LogP contribution in [0, 0.1) is 11.3 Å². The van der Waals surface area contributed by atoms with Crippen molar-refractivity contribution in [3.63, 3.8) is 0 Å². The molecule has 2 amide bonds. The van der Waals surface area contributed by atoms with Crippen LogP contribution in [0.4, 0.5) is 5.69 Å². The Labute approximate surface area is 166 Å². The first-order chi connectivity index (χ1) is 14.1. The summed E-state index contributed by atoms with van der Waals surface area (Å²) in [6.45, 7) is -0.0557. The lowest BCUT2D eigenvalue weighted by atomic mass is 10.1. The first kappa shape index (κ1) is 18.1. The molecule has 0 spiro atoms. The van der Waals surface area contributed by atoms with Gasteiger partial charge < -0.3 is 4.74 Å². The van der Waals surface area contributed by atoms with Crippen LogP contribution in [0.5, 0.6) is 0 Å². The minimum atomic E-state index is -0.615. The van der Waals surface area contributed by atoms with Crippen LogP contribution in [-0.2, 0) is 11.3 Å². The highest BCUT2D eigenvalue weighted by Gasteiger charge is 2.36. The smallest absolute Gasteiger partial charge is 0.338 e. The number of nitrogens with zero attached hydrogens (tertiary/aromatic N) is 2. The predicted molar refractivity (Wildman–Crippen MR) is 104 cm³/mol. The number of amides is 2. The summed E-state index contributed by atoms with van der Waals surface area (Å²) in [5.41, 5.74) is 2.19. The number of imide groups is 1. The molecule has 0 N–H and O–H groups in total. The molecule has 0 fully saturated rings. The minimum Gasteiger partial charge on any atom is -0.457 e. The normalized spacial score (nSPS) is 12.4. The maximum absolute atomic E-state index is 12.6. The molecule has 6 nitrogen and oxygen atoms in total. The average molecular weight is 382 g/mol. The molecule has 1 heterocycles. The lowest BCUT2D eigenvalue weighted by molar-refractivity contribution is 0.0472. The number of ether oxygens (including phenoxy) is 1. The molecular weight excluding hydrogens is 368 g/mol. The Morgan fingerprint density at radius 2 is 1.55 bits per heavy atom. The van der Waals surface area contributed by atoms with Crippen molar-refractivity contribution in [3.8, 4) is 6.07 Å². The summed E-state index contributed by atoms with van der Waals surface area (Å²) in [6.07, 6.45) is 0. The fraction of sp³-hybridized carbons (Fsp3) is 0.0435. The van der Waals surface area contributed by atoms with Crippen molar-refractivity contribution >= 4 is 23.5 Å². The molecule has 0 saturated carbocycles. The largest absolute Gasteiger partial charge is 0.457 e. The Bertz CT molecular complexity index is 1160. The van der Waals surface area contributed by atoms with Crippen molar-refractivity contribution in [2.45, 2.75) is 6.61 Å². The molecule has 0 saturated heterocycles. The molecule has 4 rings (SSSR count). The SMILES string of the molecule is N#Cc1ccccc1COC(=O)c1cccc(N2C(=O)c3ccccc3C2=O)c1. The molecule has 0 aromatic heterocycles. The number of esters is 1. The second-order valence-electron chi connectivity index (χ2n) is 6.39. The van der Waals surface area contributed by atoms with Crippen LogP contribution in [0.3, 0.4) is 0 Å². The van der Waals surface area contributed by atoms with Crippen molar-refractivity contribution in [2.24, 2.45) is 0 Å². The van der Waals surface area contributed by atoms with Crippen molar-refractivity contribution in [1.29, 1.82) is 5.26 Å². The van der Waals surface area contributed by atoms with Crippen molar-refractivity contribution in [2.75, 3.05) is 4.90 Å². The number of carbonyl (C=O) groups is 3. The first-order valence-electron chi connectivity index (χ1n) is 8.83. The highest BCUT2D eigenvalue weighted by atomic mass is 16.5. The summed E-state index contributed by atoms with van der Waals surface area (Å²) in [6, 6.07) is 21.6. The predicted octanol–water partition coefficient (Wildman–Crippen LogP) is 3.72. The van der Waals surface area contributed by atoms with Crippen LogP contribution >= 0.6 is 0 Å². The molecule has 0 aliphatic carbocycles. The van der Waals surface area contributed by atoms with Crippen molar-refractivity contribution < 1.29 is 19.1 Å². The number of nitriles is 1. The van der Waals surface area contributed by atoms with E-state index in [1.807, 2.05) is 0 Å². The Hall–Kier alpha value is -4.24. The summed E-state index contributed by atoms with van der Waals surface area (Å²) in [4.78, 5) is 38.8. The number of carbonyl (C=O) groups excluding carboxylic acids is 3. The molecule has 3 aromatic rings. The molecule has 0 atom stereocenters. The molecule has 140 valence electrons. The van der Waals surface area contributed by atoms with E-state index >= 15 is 0 Å². The summed E-state index contributed by atoms with van der Waals surface area (Å²) >= 11 is 0. The second kappa shape index (κ2) is 7.41. The van der Waals surface area contributed by atoms with Gasteiger partial charge in [-0.2, -0.15) is 5.26 Å². The standard InChI is InChI=1S/C23H14N2O4/c24-13-16-6-1-2-7-17(16)14-29-23(28)15-8-5-9-18(12-15)25-21(26)19-10-3-4-11-20(19)22(25)27/h1-12H,14H2. The fourth-order valence-electron chi connectivity index (χ4n) is 3.18. The summed E-state index contributed by atoms with van der Waals surface area (Å²) in [5.74, 6) is -1.48. The molecule has 0 unspecified atom stereocenters. The molecule has 3 aromatic carbocycles. The van der Waals surface area contributed by atoms with E-state index in [9.17, 15) is 14.4 Å². The van der Waals surface area contributed by atoms with E-state index in [1.165, 1.54) is 6.07 Å². The van der Waals surface area contributed by atoms with Gasteiger partial charge in [0.25, 0.3) is 11.8 Å². The van der Waals surface area contributed by atoms with Crippen LogP contribution in [0.1, 0.15) is 42.2 Å². The summed E-state index contributed by atoms with van der Waals surface area (Å²) in [7, 11) is 0. The van der Waals surface area contributed by atoms with Gasteiger partial charge >= 0.3 is 5.97 Å². The third-order valence-corrected chi connectivity index (χ3v) is 4.63. The van der Waals surface area contributed by atoms with Gasteiger partial charge in [-0.3, -0.25) is 9.59 Å². The maximum atomic E-state index is 12.6. The quantitative estimate of drug-likeness (QED) is 0.507. The van der Waals surface area contributed by atoms with E-state index in [0.717, 1.165) is 4.90 Å². The molecule has 6 heteroatoms. The molecule has 0 radical (unpaired) electrons. The number of hydrogen-bond acceptors (Lipinski definition) is 5. The van der Waals surface area contributed by atoms with Gasteiger partial charge in [0.1, 0.15) is 6.61 Å². The van der Waals surface area contributed by atoms with Gasteiger partial charge in [0.05, 0.1) is 34.0 Å². The van der Waals surface area contributed by atoms with Gasteiger partial charge in [0.15, 0.2) is 0 Å². The van der Waals surface area contributed by atoms with E-state index in [1.54, 1.807) is 66.7 Å². The van der Waals surface area contributed by atoms with Gasteiger partial charge in [-0.1, -0.05) is 36.4 Å². The molecule has 29 heavy (non-hydrogen) atoms. The third-order valence-electron chi connectivity index (χ3n) is 4.63. The van der Waals surface area contributed by atoms with E-state index < -0.39 is 17.8 Å². The van der Waals surface area contributed by atoms with E-state index in [2.05, 4.69) is 6.07 Å². The number of hydrogen-bond donors (Lipinski definition) is 0. The fourth-order valence-corrected chi connectivity index (χ4v) is 3.18. The Balaban J connectivity index is 1.55. The van der Waals surface area contributed by atoms with Crippen molar-refractivity contribution in [3.05, 3.63) is 101 Å². The third kappa shape index (κ3) is 3.26. The van der Waals surface area contributed by atoms with Gasteiger partial charge in [-0.05, 0) is 36.4 Å². The second-order valence-corrected chi connectivity index (χ2v) is 6.39. The number of rotatable bonds is 4. The van der Waals surface area contributed by atoms with Crippen LogP contribution < -0.4 is 4.90 Å². The van der Waals surface area contributed by atoms with Crippen LogP contribution in [-0.4, -0.2) is 17.8 Å². The highest BCUT2D eigenvalue weighted by molar-refractivity contribution is 6.34. The van der Waals surface area contributed by atoms with Crippen LogP contribution in [0.25, 0.3) is 0 Å². The molecule has 0 bridgehead atoms. The molecule has 1 aliphatic rings. The van der Waals surface area contributed by atoms with Crippen LogP contribution in [0.2, 0.25) is 0 Å². The highest BCUT2D eigenvalue weighted by Crippen LogP contribution is 2.29. The monoisotopic (exact) mass is 382 g/mol. The van der Waals surface area contributed by atoms with Gasteiger partial charge in [0, 0.05) is 5.56 Å². The van der Waals surface area contributed by atoms with Gasteiger partial charge in [-0.25, -0.2) is 9.69 Å². The van der Waals surface area contributed by atoms with Gasteiger partial charge in [-0.15, -0.1) is 0 Å². The van der Waals surface area contributed by atoms with Crippen molar-refractivity contribution in [1.82, 2.24) is 0 Å². The lowest BCUT2D eigenvalue weighted by Crippen LogP contribution is -2.29. The molecular formula is C23H14N2O4. The summed E-state index contributed by atoms with van der Waals surface area (Å²) < 4.78 is 5.31. The first-order valence-corrected chi connectivity index (χ1v) is 8.83. The van der Waals surface area contributed by atoms with E-state index in [0.29, 0.717) is 27.9 Å². The lowest BCUT2D eigenvalue weighted by Gasteiger charge is -2.15.